The lowest BCUT2D eigenvalue weighted by atomic mass is 9.92. The Kier molecular flexibility index (Phi) is 8.13. The molecular formula is C22H21F7N2O4S. The zero-order valence-electron chi connectivity index (χ0n) is 19.0. The van der Waals surface area contributed by atoms with Crippen LogP contribution < -0.4 is 10.6 Å². The second-order valence-electron chi connectivity index (χ2n) is 8.15. The van der Waals surface area contributed by atoms with Crippen molar-refractivity contribution in [2.24, 2.45) is 0 Å². The molecule has 36 heavy (non-hydrogen) atoms. The molecule has 2 amide bonds. The third kappa shape index (κ3) is 6.33. The summed E-state index contributed by atoms with van der Waals surface area (Å²) >= 11 is 0. The Balaban J connectivity index is 2.34. The molecule has 0 saturated heterocycles. The van der Waals surface area contributed by atoms with Crippen molar-refractivity contribution in [1.29, 1.82) is 0 Å². The van der Waals surface area contributed by atoms with Crippen LogP contribution in [0.5, 0.6) is 0 Å². The second-order valence-corrected chi connectivity index (χ2v) is 10.3. The molecule has 0 saturated carbocycles. The molecule has 2 rings (SSSR count). The van der Waals surface area contributed by atoms with E-state index in [9.17, 15) is 48.7 Å². The first-order chi connectivity index (χ1) is 16.3. The molecule has 1 unspecified atom stereocenters. The predicted octanol–water partition coefficient (Wildman–Crippen LogP) is 4.70. The normalized spacial score (nSPS) is 13.7. The Hall–Kier alpha value is -3.16. The molecule has 0 fully saturated rings. The number of sulfone groups is 1. The molecule has 0 bridgehead atoms. The third-order valence-corrected chi connectivity index (χ3v) is 6.11. The predicted molar refractivity (Wildman–Crippen MR) is 117 cm³/mol. The van der Waals surface area contributed by atoms with E-state index in [1.54, 1.807) is 0 Å². The molecule has 6 nitrogen and oxygen atoms in total. The molecule has 0 aliphatic rings. The summed E-state index contributed by atoms with van der Waals surface area (Å²) in [6, 6.07) is 5.77. The molecule has 0 spiro atoms. The zero-order valence-corrected chi connectivity index (χ0v) is 19.8. The van der Waals surface area contributed by atoms with Crippen LogP contribution in [0.15, 0.2) is 42.5 Å². The Bertz CT molecular complexity index is 1240. The monoisotopic (exact) mass is 542 g/mol. The summed E-state index contributed by atoms with van der Waals surface area (Å²) < 4.78 is 115. The van der Waals surface area contributed by atoms with Gasteiger partial charge in [0.15, 0.2) is 0 Å². The van der Waals surface area contributed by atoms with Crippen molar-refractivity contribution in [1.82, 2.24) is 5.32 Å². The molecule has 2 N–H and O–H groups in total. The van der Waals surface area contributed by atoms with E-state index in [4.69, 9.17) is 0 Å². The van der Waals surface area contributed by atoms with Gasteiger partial charge in [0.2, 0.25) is 0 Å². The second kappa shape index (κ2) is 10.1. The van der Waals surface area contributed by atoms with Gasteiger partial charge in [-0.25, -0.2) is 12.8 Å². The van der Waals surface area contributed by atoms with Crippen LogP contribution >= 0.6 is 0 Å². The van der Waals surface area contributed by atoms with Gasteiger partial charge in [-0.2, -0.15) is 26.3 Å². The minimum Gasteiger partial charge on any atom is -0.349 e. The van der Waals surface area contributed by atoms with Gasteiger partial charge in [-0.15, -0.1) is 0 Å². The van der Waals surface area contributed by atoms with E-state index in [0.29, 0.717) is 12.1 Å². The molecule has 1 atom stereocenters. The van der Waals surface area contributed by atoms with Gasteiger partial charge in [-0.3, -0.25) is 9.59 Å². The van der Waals surface area contributed by atoms with E-state index in [0.717, 1.165) is 13.2 Å². The number of carbonyl (C=O) groups is 2. The number of alkyl halides is 7. The lowest BCUT2D eigenvalue weighted by Gasteiger charge is -2.30. The quantitative estimate of drug-likeness (QED) is 0.497. The largest absolute Gasteiger partial charge is 0.435 e. The van der Waals surface area contributed by atoms with Gasteiger partial charge in [0.05, 0.1) is 16.9 Å². The molecule has 2 aromatic carbocycles. The molecule has 198 valence electrons. The van der Waals surface area contributed by atoms with Gasteiger partial charge >= 0.3 is 18.0 Å². The van der Waals surface area contributed by atoms with Crippen molar-refractivity contribution >= 4 is 27.3 Å². The topological polar surface area (TPSA) is 92.3 Å². The van der Waals surface area contributed by atoms with E-state index in [-0.39, 0.29) is 34.2 Å². The van der Waals surface area contributed by atoms with Crippen LogP contribution in [-0.2, 0) is 15.5 Å². The fourth-order valence-electron chi connectivity index (χ4n) is 3.37. The molecule has 0 radical (unpaired) electrons. The number of nitrogens with one attached hydrogen (secondary N) is 2. The Morgan fingerprint density at radius 2 is 1.39 bits per heavy atom. The Labute approximate surface area is 201 Å². The van der Waals surface area contributed by atoms with Gasteiger partial charge in [-0.1, -0.05) is 24.3 Å². The average Bonchev–Trinajstić information content (AvgIpc) is 2.71. The van der Waals surface area contributed by atoms with Crippen LogP contribution in [0, 0.1) is 6.92 Å². The zero-order chi connectivity index (χ0) is 27.7. The molecule has 14 heteroatoms. The van der Waals surface area contributed by atoms with Crippen LogP contribution in [0.3, 0.4) is 0 Å². The maximum Gasteiger partial charge on any atom is 0.435 e. The van der Waals surface area contributed by atoms with E-state index in [1.165, 1.54) is 31.2 Å². The molecule has 0 aromatic heterocycles. The number of hydrogen-bond donors (Lipinski definition) is 2. The van der Waals surface area contributed by atoms with Gasteiger partial charge in [0, 0.05) is 23.5 Å². The van der Waals surface area contributed by atoms with Gasteiger partial charge in [0.25, 0.3) is 11.8 Å². The number of halogens is 7. The molecule has 2 aromatic rings. The average molecular weight is 542 g/mol. The number of amides is 2. The maximum atomic E-state index is 14.3. The first kappa shape index (κ1) is 29.1. The number of carbonyl (C=O) groups excluding carboxylic acids is 2. The highest BCUT2D eigenvalue weighted by atomic mass is 32.2. The van der Waals surface area contributed by atoms with Crippen molar-refractivity contribution in [2.75, 3.05) is 17.3 Å². The summed E-state index contributed by atoms with van der Waals surface area (Å²) in [5, 5.41) is 4.69. The summed E-state index contributed by atoms with van der Waals surface area (Å²) in [5.41, 5.74) is -8.24. The summed E-state index contributed by atoms with van der Waals surface area (Å²) in [7, 11) is -3.42. The third-order valence-electron chi connectivity index (χ3n) is 5.00. The number of anilines is 1. The minimum atomic E-state index is -6.29. The van der Waals surface area contributed by atoms with Crippen molar-refractivity contribution in [3.8, 4) is 0 Å². The van der Waals surface area contributed by atoms with Crippen LogP contribution in [0.1, 0.15) is 38.8 Å². The van der Waals surface area contributed by atoms with Gasteiger partial charge < -0.3 is 10.6 Å². The summed E-state index contributed by atoms with van der Waals surface area (Å²) in [5.74, 6) is -2.10. The number of rotatable bonds is 7. The highest BCUT2D eigenvalue weighted by Crippen LogP contribution is 2.53. The highest BCUT2D eigenvalue weighted by molar-refractivity contribution is 7.90. The van der Waals surface area contributed by atoms with Crippen molar-refractivity contribution in [3.05, 3.63) is 64.7 Å². The summed E-state index contributed by atoms with van der Waals surface area (Å²) in [6.07, 6.45) is -11.6. The Morgan fingerprint density at radius 1 is 0.889 bits per heavy atom. The first-order valence-corrected chi connectivity index (χ1v) is 12.2. The Morgan fingerprint density at radius 3 is 1.83 bits per heavy atom. The fourth-order valence-corrected chi connectivity index (χ4v) is 4.36. The summed E-state index contributed by atoms with van der Waals surface area (Å²) in [6.45, 7) is 2.50. The van der Waals surface area contributed by atoms with Crippen molar-refractivity contribution in [2.45, 2.75) is 37.9 Å². The highest BCUT2D eigenvalue weighted by Gasteiger charge is 2.73. The van der Waals surface area contributed by atoms with E-state index < -0.39 is 51.3 Å². The van der Waals surface area contributed by atoms with E-state index in [2.05, 4.69) is 10.6 Å². The van der Waals surface area contributed by atoms with Crippen LogP contribution in [0.4, 0.5) is 36.4 Å². The molecule has 0 heterocycles. The van der Waals surface area contributed by atoms with E-state index >= 15 is 0 Å². The fraction of sp³-hybridized carbons (Fsp3) is 0.364. The standard InChI is InChI=1S/C22H21F7N2O4S/c1-12-10-14(20(23,21(24,25)26)22(27,28)29)8-9-17(12)31-19(33)16-7-5-4-6-15(16)18(32)30-13(2)11-36(3,34)35/h4-10,13H,11H2,1-3H3,(H,30,32)(H,31,33). The summed E-state index contributed by atoms with van der Waals surface area (Å²) in [4.78, 5) is 25.4. The number of hydrogen-bond acceptors (Lipinski definition) is 4. The lowest BCUT2D eigenvalue weighted by molar-refractivity contribution is -0.348. The van der Waals surface area contributed by atoms with Crippen molar-refractivity contribution < 1.29 is 48.7 Å². The maximum absolute atomic E-state index is 14.3. The first-order valence-electron chi connectivity index (χ1n) is 10.1. The van der Waals surface area contributed by atoms with Crippen LogP contribution in [-0.4, -0.2) is 50.6 Å². The van der Waals surface area contributed by atoms with Gasteiger partial charge in [-0.05, 0) is 37.6 Å². The molecular weight excluding hydrogens is 521 g/mol. The van der Waals surface area contributed by atoms with Crippen LogP contribution in [0.25, 0.3) is 0 Å². The molecule has 0 aliphatic carbocycles. The van der Waals surface area contributed by atoms with Crippen molar-refractivity contribution in [3.63, 3.8) is 0 Å². The van der Waals surface area contributed by atoms with Crippen LogP contribution in [0.2, 0.25) is 0 Å². The SMILES string of the molecule is Cc1cc(C(F)(C(F)(F)F)C(F)(F)F)ccc1NC(=O)c1ccccc1C(=O)NC(C)CS(C)(=O)=O. The molecule has 0 aliphatic heterocycles. The smallest absolute Gasteiger partial charge is 0.349 e. The number of benzene rings is 2. The van der Waals surface area contributed by atoms with Gasteiger partial charge in [0.1, 0.15) is 9.84 Å². The number of aryl methyl sites for hydroxylation is 1. The lowest BCUT2D eigenvalue weighted by Crippen LogP contribution is -2.50. The van der Waals surface area contributed by atoms with E-state index in [1.807, 2.05) is 0 Å². The minimum absolute atomic E-state index is 0.165.